The molecule has 3 heteroatoms. The first-order chi connectivity index (χ1) is 8.74. The monoisotopic (exact) mass is 385 g/mol. The smallest absolute Gasteiger partial charge is 0.169 e. The highest BCUT2D eigenvalue weighted by atomic mass is 79.9. The second kappa shape index (κ2) is 4.84. The first kappa shape index (κ1) is 14.1. The maximum atomic E-state index is 3.83. The molecule has 0 amide bonds. The van der Waals surface area contributed by atoms with Crippen LogP contribution in [0.25, 0.3) is 0 Å². The third kappa shape index (κ3) is 2.12. The van der Waals surface area contributed by atoms with Gasteiger partial charge in [0.2, 0.25) is 0 Å². The largest absolute Gasteiger partial charge is 1.00 e. The number of aromatic nitrogens is 1. The van der Waals surface area contributed by atoms with Crippen molar-refractivity contribution in [1.29, 1.82) is 0 Å². The molecule has 0 radical (unpaired) electrons. The third-order valence-electron chi connectivity index (χ3n) is 5.70. The minimum absolute atomic E-state index is 0. The van der Waals surface area contributed by atoms with Crippen LogP contribution in [0.5, 0.6) is 0 Å². The number of rotatable bonds is 2. The molecular weight excluding hydrogens is 366 g/mol. The Labute approximate surface area is 134 Å². The summed E-state index contributed by atoms with van der Waals surface area (Å²) in [5.74, 6) is 1.97. The van der Waals surface area contributed by atoms with Gasteiger partial charge in [0, 0.05) is 36.7 Å². The molecule has 0 saturated heterocycles. The zero-order valence-corrected chi connectivity index (χ0v) is 14.4. The van der Waals surface area contributed by atoms with E-state index in [1.54, 1.807) is 0 Å². The van der Waals surface area contributed by atoms with Crippen LogP contribution in [0.1, 0.15) is 38.5 Å². The van der Waals surface area contributed by atoms with Gasteiger partial charge in [-0.15, -0.1) is 0 Å². The SMILES string of the molecule is BrCC12CC3CC(C1)CC([n+]1ccccc1)(C3)C2.[Br-]. The van der Waals surface area contributed by atoms with Gasteiger partial charge in [-0.2, -0.15) is 4.57 Å². The van der Waals surface area contributed by atoms with Crippen LogP contribution in [0, 0.1) is 17.3 Å². The molecule has 1 aromatic rings. The molecule has 19 heavy (non-hydrogen) atoms. The Morgan fingerprint density at radius 3 is 2.21 bits per heavy atom. The van der Waals surface area contributed by atoms with E-state index in [-0.39, 0.29) is 17.0 Å². The average molecular weight is 387 g/mol. The molecule has 5 rings (SSSR count). The normalized spacial score (nSPS) is 43.0. The lowest BCUT2D eigenvalue weighted by molar-refractivity contribution is -0.778. The van der Waals surface area contributed by atoms with Gasteiger partial charge in [-0.05, 0) is 36.5 Å². The van der Waals surface area contributed by atoms with Crippen LogP contribution in [0.15, 0.2) is 30.6 Å². The summed E-state index contributed by atoms with van der Waals surface area (Å²) >= 11 is 3.83. The second-order valence-corrected chi connectivity index (χ2v) is 7.66. The fourth-order valence-electron chi connectivity index (χ4n) is 5.58. The van der Waals surface area contributed by atoms with Gasteiger partial charge in [0.25, 0.3) is 0 Å². The Morgan fingerprint density at radius 1 is 1.00 bits per heavy atom. The van der Waals surface area contributed by atoms with Crippen molar-refractivity contribution in [3.8, 4) is 0 Å². The van der Waals surface area contributed by atoms with Crippen molar-refractivity contribution in [3.05, 3.63) is 30.6 Å². The molecular formula is C16H21Br2N. The molecule has 4 fully saturated rings. The lowest BCUT2D eigenvalue weighted by atomic mass is 9.47. The van der Waals surface area contributed by atoms with Crippen molar-refractivity contribution >= 4 is 15.9 Å². The van der Waals surface area contributed by atoms with Gasteiger partial charge in [-0.3, -0.25) is 0 Å². The summed E-state index contributed by atoms with van der Waals surface area (Å²) < 4.78 is 2.54. The fraction of sp³-hybridized carbons (Fsp3) is 0.688. The van der Waals surface area contributed by atoms with Gasteiger partial charge < -0.3 is 17.0 Å². The van der Waals surface area contributed by atoms with Crippen LogP contribution in [-0.4, -0.2) is 5.33 Å². The zero-order chi connectivity index (χ0) is 12.2. The zero-order valence-electron chi connectivity index (χ0n) is 11.2. The van der Waals surface area contributed by atoms with Gasteiger partial charge in [0.05, 0.1) is 0 Å². The lowest BCUT2D eigenvalue weighted by Crippen LogP contribution is -3.00. The summed E-state index contributed by atoms with van der Waals surface area (Å²) in [7, 11) is 0. The van der Waals surface area contributed by atoms with Crippen LogP contribution >= 0.6 is 15.9 Å². The fourth-order valence-corrected chi connectivity index (χ4v) is 6.23. The van der Waals surface area contributed by atoms with Gasteiger partial charge in [0.1, 0.15) is 0 Å². The summed E-state index contributed by atoms with van der Waals surface area (Å²) in [6, 6.07) is 6.52. The van der Waals surface area contributed by atoms with E-state index in [2.05, 4.69) is 51.1 Å². The predicted molar refractivity (Wildman–Crippen MR) is 75.5 cm³/mol. The standard InChI is InChI=1S/C16H21BrN.BrH/c17-12-15-7-13-6-14(8-15)10-16(9-13,11-15)18-4-2-1-3-5-18;/h1-5,13-14H,6-12H2;1H/q+1;/p-1. The maximum Gasteiger partial charge on any atom is 0.169 e. The lowest BCUT2D eigenvalue weighted by Gasteiger charge is -2.58. The summed E-state index contributed by atoms with van der Waals surface area (Å²) in [6.45, 7) is 0. The number of hydrogen-bond acceptors (Lipinski definition) is 0. The Morgan fingerprint density at radius 2 is 1.63 bits per heavy atom. The van der Waals surface area contributed by atoms with Crippen molar-refractivity contribution in [2.75, 3.05) is 5.33 Å². The highest BCUT2D eigenvalue weighted by Gasteiger charge is 2.61. The van der Waals surface area contributed by atoms with Gasteiger partial charge in [-0.1, -0.05) is 22.0 Å². The summed E-state index contributed by atoms with van der Waals surface area (Å²) in [5, 5.41) is 1.21. The molecule has 2 unspecified atom stereocenters. The third-order valence-corrected chi connectivity index (χ3v) is 6.89. The van der Waals surface area contributed by atoms with E-state index in [1.807, 2.05) is 0 Å². The first-order valence-corrected chi connectivity index (χ1v) is 8.39. The molecule has 4 saturated carbocycles. The number of halogens is 2. The minimum atomic E-state index is 0. The van der Waals surface area contributed by atoms with Crippen molar-refractivity contribution in [3.63, 3.8) is 0 Å². The number of pyridine rings is 1. The molecule has 1 nitrogen and oxygen atoms in total. The van der Waals surface area contributed by atoms with E-state index in [9.17, 15) is 0 Å². The van der Waals surface area contributed by atoms with Crippen molar-refractivity contribution in [1.82, 2.24) is 0 Å². The highest BCUT2D eigenvalue weighted by Crippen LogP contribution is 2.63. The molecule has 4 aliphatic rings. The molecule has 4 bridgehead atoms. The van der Waals surface area contributed by atoms with Crippen molar-refractivity contribution in [2.24, 2.45) is 17.3 Å². The second-order valence-electron chi connectivity index (χ2n) is 7.10. The maximum absolute atomic E-state index is 3.83. The Bertz CT molecular complexity index is 445. The number of hydrogen-bond donors (Lipinski definition) is 0. The summed E-state index contributed by atoms with van der Waals surface area (Å²) in [6.07, 6.45) is 13.3. The molecule has 1 aromatic heterocycles. The van der Waals surface area contributed by atoms with E-state index >= 15 is 0 Å². The quantitative estimate of drug-likeness (QED) is 0.519. The predicted octanol–water partition coefficient (Wildman–Crippen LogP) is 0.669. The van der Waals surface area contributed by atoms with Crippen molar-refractivity contribution < 1.29 is 21.5 Å². The molecule has 2 atom stereocenters. The highest BCUT2D eigenvalue weighted by molar-refractivity contribution is 9.09. The number of alkyl halides is 1. The van der Waals surface area contributed by atoms with Crippen LogP contribution in [-0.2, 0) is 5.54 Å². The molecule has 0 aromatic carbocycles. The first-order valence-electron chi connectivity index (χ1n) is 7.26. The summed E-state index contributed by atoms with van der Waals surface area (Å²) in [5.41, 5.74) is 1.05. The van der Waals surface area contributed by atoms with E-state index in [0.717, 1.165) is 11.8 Å². The van der Waals surface area contributed by atoms with Crippen LogP contribution in [0.2, 0.25) is 0 Å². The average Bonchev–Trinajstić information content (AvgIpc) is 2.38. The van der Waals surface area contributed by atoms with E-state index in [4.69, 9.17) is 0 Å². The van der Waals surface area contributed by atoms with Crippen LogP contribution < -0.4 is 21.5 Å². The molecule has 0 aliphatic heterocycles. The Hall–Kier alpha value is 0.110. The van der Waals surface area contributed by atoms with E-state index in [1.165, 1.54) is 43.9 Å². The van der Waals surface area contributed by atoms with Gasteiger partial charge >= 0.3 is 0 Å². The molecule has 1 heterocycles. The van der Waals surface area contributed by atoms with Gasteiger partial charge in [0.15, 0.2) is 17.9 Å². The summed E-state index contributed by atoms with van der Waals surface area (Å²) in [4.78, 5) is 0. The minimum Gasteiger partial charge on any atom is -1.00 e. The van der Waals surface area contributed by atoms with Gasteiger partial charge in [-0.25, -0.2) is 0 Å². The topological polar surface area (TPSA) is 3.88 Å². The molecule has 104 valence electrons. The number of nitrogens with zero attached hydrogens (tertiary/aromatic N) is 1. The Kier molecular flexibility index (Phi) is 3.58. The molecule has 0 N–H and O–H groups in total. The molecule has 0 spiro atoms. The van der Waals surface area contributed by atoms with Crippen LogP contribution in [0.3, 0.4) is 0 Å². The molecule has 4 aliphatic carbocycles. The van der Waals surface area contributed by atoms with E-state index < -0.39 is 0 Å². The van der Waals surface area contributed by atoms with Crippen LogP contribution in [0.4, 0.5) is 0 Å². The van der Waals surface area contributed by atoms with Crippen molar-refractivity contribution in [2.45, 2.75) is 44.1 Å². The Balaban J connectivity index is 0.00000110. The van der Waals surface area contributed by atoms with E-state index in [0.29, 0.717) is 11.0 Å².